The summed E-state index contributed by atoms with van der Waals surface area (Å²) in [6.45, 7) is 17.4. The van der Waals surface area contributed by atoms with Crippen LogP contribution < -0.4 is 16.1 Å². The van der Waals surface area contributed by atoms with Gasteiger partial charge in [-0.2, -0.15) is 5.10 Å². The first-order chi connectivity index (χ1) is 13.8. The summed E-state index contributed by atoms with van der Waals surface area (Å²) in [4.78, 5) is 30.5. The van der Waals surface area contributed by atoms with Crippen LogP contribution in [0.4, 0.5) is 22.7 Å². The fourth-order valence-corrected chi connectivity index (χ4v) is 2.91. The van der Waals surface area contributed by atoms with Gasteiger partial charge in [0.2, 0.25) is 5.91 Å². The topological polar surface area (TPSA) is 91.3 Å². The molecule has 8 nitrogen and oxygen atoms in total. The van der Waals surface area contributed by atoms with E-state index in [0.717, 1.165) is 11.3 Å². The monoisotopic (exact) mass is 386 g/mol. The molecular formula is C21H18N6O2. The van der Waals surface area contributed by atoms with Crippen LogP contribution in [0.3, 0.4) is 0 Å². The van der Waals surface area contributed by atoms with Crippen LogP contribution in [0.25, 0.3) is 9.69 Å². The lowest BCUT2D eigenvalue weighted by atomic mass is 9.93. The van der Waals surface area contributed by atoms with Gasteiger partial charge in [0.15, 0.2) is 11.4 Å². The van der Waals surface area contributed by atoms with E-state index in [-0.39, 0.29) is 23.2 Å². The molecule has 0 aromatic heterocycles. The summed E-state index contributed by atoms with van der Waals surface area (Å²) in [6.07, 6.45) is 0.369. The van der Waals surface area contributed by atoms with Gasteiger partial charge in [-0.15, -0.1) is 0 Å². The summed E-state index contributed by atoms with van der Waals surface area (Å²) in [5.74, 6) is -0.440. The van der Waals surface area contributed by atoms with Crippen molar-refractivity contribution in [3.8, 4) is 0 Å². The molecule has 0 radical (unpaired) electrons. The molecule has 8 heteroatoms. The Morgan fingerprint density at radius 1 is 1.03 bits per heavy atom. The number of carbonyl (C=O) groups is 2. The number of carbonyl (C=O) groups excluding carboxylic acids is 2. The van der Waals surface area contributed by atoms with Crippen LogP contribution in [0.1, 0.15) is 25.8 Å². The summed E-state index contributed by atoms with van der Waals surface area (Å²) in [7, 11) is 0. The van der Waals surface area contributed by atoms with Crippen LogP contribution in [-0.2, 0) is 9.59 Å². The Balaban J connectivity index is 1.70. The summed E-state index contributed by atoms with van der Waals surface area (Å²) in [5.41, 5.74) is 5.09. The van der Waals surface area contributed by atoms with Gasteiger partial charge < -0.3 is 10.6 Å². The van der Waals surface area contributed by atoms with Crippen molar-refractivity contribution in [1.29, 1.82) is 0 Å². The van der Waals surface area contributed by atoms with E-state index in [0.29, 0.717) is 17.8 Å². The number of hydrogen-bond acceptors (Lipinski definition) is 4. The first-order valence-electron chi connectivity index (χ1n) is 8.77. The molecule has 0 aliphatic carbocycles. The third-order valence-electron chi connectivity index (χ3n) is 4.47. The van der Waals surface area contributed by atoms with Gasteiger partial charge in [0, 0.05) is 24.7 Å². The number of hydrazone groups is 1. The third kappa shape index (κ3) is 4.23. The standard InChI is InChI=1S/C21H18N6O2/c1-13(28)24-15-7-5-14(6-8-15)19-12-21(2,27-26-19)20(29)25-16-9-10-17(22-3)18(11-16)23-4/h5-11,27H,12H2,1-2H3,(H,24,28)(H,25,29). The van der Waals surface area contributed by atoms with Gasteiger partial charge in [-0.25, -0.2) is 0 Å². The number of hydrogen-bond donors (Lipinski definition) is 3. The first kappa shape index (κ1) is 19.6. The van der Waals surface area contributed by atoms with Crippen LogP contribution in [0.5, 0.6) is 0 Å². The van der Waals surface area contributed by atoms with Crippen molar-refractivity contribution < 1.29 is 9.59 Å². The molecule has 1 heterocycles. The molecule has 2 aromatic carbocycles. The van der Waals surface area contributed by atoms with Crippen LogP contribution in [0.15, 0.2) is 47.6 Å². The van der Waals surface area contributed by atoms with Crippen molar-refractivity contribution in [2.75, 3.05) is 10.6 Å². The molecule has 2 amide bonds. The van der Waals surface area contributed by atoms with Gasteiger partial charge >= 0.3 is 0 Å². The quantitative estimate of drug-likeness (QED) is 0.697. The maximum Gasteiger partial charge on any atom is 0.251 e. The highest BCUT2D eigenvalue weighted by atomic mass is 16.2. The predicted octanol–water partition coefficient (Wildman–Crippen LogP) is 3.84. The van der Waals surface area contributed by atoms with Crippen LogP contribution in [-0.4, -0.2) is 23.1 Å². The normalized spacial score (nSPS) is 17.3. The van der Waals surface area contributed by atoms with Crippen molar-refractivity contribution in [3.63, 3.8) is 0 Å². The second-order valence-electron chi connectivity index (χ2n) is 6.82. The highest BCUT2D eigenvalue weighted by molar-refractivity contribution is 6.09. The molecule has 3 rings (SSSR count). The first-order valence-corrected chi connectivity index (χ1v) is 8.77. The minimum atomic E-state index is -0.956. The molecule has 1 atom stereocenters. The molecule has 144 valence electrons. The molecule has 1 aliphatic rings. The van der Waals surface area contributed by atoms with Crippen molar-refractivity contribution in [2.24, 2.45) is 5.10 Å². The molecule has 0 spiro atoms. The Labute approximate surface area is 168 Å². The minimum absolute atomic E-state index is 0.146. The molecule has 0 saturated carbocycles. The van der Waals surface area contributed by atoms with Gasteiger partial charge in [-0.1, -0.05) is 24.3 Å². The fraction of sp³-hybridized carbons (Fsp3) is 0.190. The zero-order valence-corrected chi connectivity index (χ0v) is 15.9. The average Bonchev–Trinajstić information content (AvgIpc) is 3.11. The Hall–Kier alpha value is -4.17. The Morgan fingerprint density at radius 3 is 2.31 bits per heavy atom. The zero-order valence-electron chi connectivity index (χ0n) is 15.9. The lowest BCUT2D eigenvalue weighted by molar-refractivity contribution is -0.121. The average molecular weight is 386 g/mol. The van der Waals surface area contributed by atoms with Crippen LogP contribution in [0, 0.1) is 13.1 Å². The molecular weight excluding hydrogens is 368 g/mol. The van der Waals surface area contributed by atoms with E-state index in [1.54, 1.807) is 25.1 Å². The molecule has 0 saturated heterocycles. The number of amides is 2. The van der Waals surface area contributed by atoms with E-state index in [9.17, 15) is 9.59 Å². The summed E-state index contributed by atoms with van der Waals surface area (Å²) in [5, 5.41) is 9.79. The third-order valence-corrected chi connectivity index (χ3v) is 4.47. The van der Waals surface area contributed by atoms with Gasteiger partial charge in [0.25, 0.3) is 5.91 Å². The summed E-state index contributed by atoms with van der Waals surface area (Å²) in [6, 6.07) is 11.8. The molecule has 29 heavy (non-hydrogen) atoms. The van der Waals surface area contributed by atoms with Gasteiger partial charge in [0.1, 0.15) is 5.54 Å². The van der Waals surface area contributed by atoms with Crippen LogP contribution >= 0.6 is 0 Å². The second kappa shape index (κ2) is 7.83. The van der Waals surface area contributed by atoms with Crippen molar-refractivity contribution in [2.45, 2.75) is 25.8 Å². The molecule has 3 N–H and O–H groups in total. The van der Waals surface area contributed by atoms with Crippen LogP contribution in [0.2, 0.25) is 0 Å². The van der Waals surface area contributed by atoms with Gasteiger partial charge in [-0.3, -0.25) is 24.7 Å². The number of rotatable bonds is 4. The number of anilines is 2. The van der Waals surface area contributed by atoms with Crippen molar-refractivity contribution in [1.82, 2.24) is 5.43 Å². The van der Waals surface area contributed by atoms with E-state index in [4.69, 9.17) is 13.1 Å². The minimum Gasteiger partial charge on any atom is -0.326 e. The van der Waals surface area contributed by atoms with E-state index in [1.807, 2.05) is 12.1 Å². The van der Waals surface area contributed by atoms with Gasteiger partial charge in [-0.05, 0) is 30.7 Å². The Kier molecular flexibility index (Phi) is 5.29. The highest BCUT2D eigenvalue weighted by Gasteiger charge is 2.39. The molecule has 1 unspecified atom stereocenters. The fourth-order valence-electron chi connectivity index (χ4n) is 2.91. The number of nitrogens with one attached hydrogen (secondary N) is 3. The number of benzene rings is 2. The maximum atomic E-state index is 12.8. The summed E-state index contributed by atoms with van der Waals surface area (Å²) < 4.78 is 0. The predicted molar refractivity (Wildman–Crippen MR) is 111 cm³/mol. The van der Waals surface area contributed by atoms with E-state index >= 15 is 0 Å². The Morgan fingerprint density at radius 2 is 1.69 bits per heavy atom. The molecule has 0 bridgehead atoms. The number of nitrogens with zero attached hydrogens (tertiary/aromatic N) is 3. The lowest BCUT2D eigenvalue weighted by Crippen LogP contribution is -2.47. The highest BCUT2D eigenvalue weighted by Crippen LogP contribution is 2.32. The van der Waals surface area contributed by atoms with E-state index < -0.39 is 5.54 Å². The molecule has 2 aromatic rings. The SMILES string of the molecule is [C-]#[N+]c1ccc(NC(=O)C2(C)CC(c3ccc(NC(C)=O)cc3)=NN2)cc1[N+]#[C-]. The van der Waals surface area contributed by atoms with E-state index in [2.05, 4.69) is 30.9 Å². The van der Waals surface area contributed by atoms with Crippen molar-refractivity contribution >= 4 is 40.3 Å². The molecule has 1 aliphatic heterocycles. The zero-order chi connectivity index (χ0) is 21.0. The largest absolute Gasteiger partial charge is 0.326 e. The van der Waals surface area contributed by atoms with Crippen molar-refractivity contribution in [3.05, 3.63) is 70.9 Å². The molecule has 0 fully saturated rings. The Bertz CT molecular complexity index is 1090. The summed E-state index contributed by atoms with van der Waals surface area (Å²) >= 11 is 0. The lowest BCUT2D eigenvalue weighted by Gasteiger charge is -2.22. The maximum absolute atomic E-state index is 12.8. The smallest absolute Gasteiger partial charge is 0.251 e. The van der Waals surface area contributed by atoms with E-state index in [1.165, 1.54) is 19.1 Å². The van der Waals surface area contributed by atoms with Gasteiger partial charge in [0.05, 0.1) is 18.9 Å². The second-order valence-corrected chi connectivity index (χ2v) is 6.82.